The average Bonchev–Trinajstić information content (AvgIpc) is 3.10. The topological polar surface area (TPSA) is 41.5 Å². The largest absolute Gasteiger partial charge is 0.491 e. The fourth-order valence-corrected chi connectivity index (χ4v) is 1.58. The van der Waals surface area contributed by atoms with E-state index in [1.165, 1.54) is 18.4 Å². The van der Waals surface area contributed by atoms with E-state index < -0.39 is 5.60 Å². The highest BCUT2D eigenvalue weighted by atomic mass is 16.5. The summed E-state index contributed by atoms with van der Waals surface area (Å²) in [4.78, 5) is 0. The number of ether oxygens (including phenoxy) is 1. The van der Waals surface area contributed by atoms with E-state index in [0.29, 0.717) is 19.2 Å². The molecule has 0 aliphatic heterocycles. The Labute approximate surface area is 103 Å². The molecule has 2 N–H and O–H groups in total. The third kappa shape index (κ3) is 4.36. The molecule has 0 radical (unpaired) electrons. The zero-order valence-electron chi connectivity index (χ0n) is 10.6. The number of aliphatic hydroxyl groups is 1. The van der Waals surface area contributed by atoms with E-state index in [-0.39, 0.29) is 0 Å². The molecule has 1 aliphatic rings. The molecule has 3 nitrogen and oxygen atoms in total. The second-order valence-corrected chi connectivity index (χ2v) is 5.25. The van der Waals surface area contributed by atoms with E-state index in [0.717, 1.165) is 5.75 Å². The van der Waals surface area contributed by atoms with Crippen LogP contribution in [0.15, 0.2) is 24.3 Å². The smallest absolute Gasteiger partial charge is 0.119 e. The fourth-order valence-electron chi connectivity index (χ4n) is 1.58. The van der Waals surface area contributed by atoms with E-state index in [2.05, 4.69) is 5.32 Å². The van der Waals surface area contributed by atoms with Crippen LogP contribution >= 0.6 is 0 Å². The van der Waals surface area contributed by atoms with Crippen molar-refractivity contribution in [3.05, 3.63) is 29.8 Å². The van der Waals surface area contributed by atoms with Crippen molar-refractivity contribution in [3.8, 4) is 5.75 Å². The predicted molar refractivity (Wildman–Crippen MR) is 68.3 cm³/mol. The summed E-state index contributed by atoms with van der Waals surface area (Å²) in [5.41, 5.74) is 0.396. The standard InChI is InChI=1S/C14H21NO2/c1-11-3-7-13(8-4-11)17-10-14(2,16)9-15-12-5-6-12/h3-4,7-8,12,15-16H,5-6,9-10H2,1-2H3. The molecular weight excluding hydrogens is 214 g/mol. The minimum absolute atomic E-state index is 0.315. The molecule has 0 bridgehead atoms. The lowest BCUT2D eigenvalue weighted by Crippen LogP contribution is -2.43. The lowest BCUT2D eigenvalue weighted by Gasteiger charge is -2.24. The van der Waals surface area contributed by atoms with Gasteiger partial charge < -0.3 is 15.2 Å². The van der Waals surface area contributed by atoms with Gasteiger partial charge in [0.25, 0.3) is 0 Å². The van der Waals surface area contributed by atoms with Gasteiger partial charge in [0.2, 0.25) is 0 Å². The monoisotopic (exact) mass is 235 g/mol. The minimum Gasteiger partial charge on any atom is -0.491 e. The molecule has 0 spiro atoms. The van der Waals surface area contributed by atoms with Crippen molar-refractivity contribution in [1.29, 1.82) is 0 Å². The molecule has 0 amide bonds. The molecule has 1 fully saturated rings. The summed E-state index contributed by atoms with van der Waals surface area (Å²) in [6, 6.07) is 8.49. The van der Waals surface area contributed by atoms with Crippen LogP contribution in [0.5, 0.6) is 5.75 Å². The Bertz CT molecular complexity index is 355. The molecule has 17 heavy (non-hydrogen) atoms. The SMILES string of the molecule is Cc1ccc(OCC(C)(O)CNC2CC2)cc1. The van der Waals surface area contributed by atoms with Crippen molar-refractivity contribution in [2.45, 2.75) is 38.3 Å². The highest BCUT2D eigenvalue weighted by molar-refractivity contribution is 5.26. The van der Waals surface area contributed by atoms with Crippen LogP contribution in [0.2, 0.25) is 0 Å². The van der Waals surface area contributed by atoms with Crippen molar-refractivity contribution >= 4 is 0 Å². The Balaban J connectivity index is 1.76. The van der Waals surface area contributed by atoms with E-state index in [1.807, 2.05) is 31.2 Å². The molecule has 0 aromatic heterocycles. The lowest BCUT2D eigenvalue weighted by molar-refractivity contribution is 0.0120. The third-order valence-electron chi connectivity index (χ3n) is 2.92. The minimum atomic E-state index is -0.812. The Morgan fingerprint density at radius 2 is 2.00 bits per heavy atom. The first-order valence-corrected chi connectivity index (χ1v) is 6.20. The zero-order chi connectivity index (χ0) is 12.3. The second-order valence-electron chi connectivity index (χ2n) is 5.25. The number of aryl methyl sites for hydroxylation is 1. The van der Waals surface area contributed by atoms with Gasteiger partial charge in [0.1, 0.15) is 18.0 Å². The second kappa shape index (κ2) is 5.07. The molecule has 94 valence electrons. The number of hydrogen-bond donors (Lipinski definition) is 2. The zero-order valence-corrected chi connectivity index (χ0v) is 10.6. The molecule has 3 heteroatoms. The molecule has 0 heterocycles. The van der Waals surface area contributed by atoms with Gasteiger partial charge in [0.05, 0.1) is 0 Å². The van der Waals surface area contributed by atoms with Gasteiger partial charge >= 0.3 is 0 Å². The van der Waals surface area contributed by atoms with Crippen LogP contribution in [0.3, 0.4) is 0 Å². The van der Waals surface area contributed by atoms with Gasteiger partial charge in [0.15, 0.2) is 0 Å². The number of benzene rings is 1. The number of nitrogens with one attached hydrogen (secondary N) is 1. The maximum absolute atomic E-state index is 10.1. The fraction of sp³-hybridized carbons (Fsp3) is 0.571. The summed E-state index contributed by atoms with van der Waals surface area (Å²) in [5, 5.41) is 13.4. The van der Waals surface area contributed by atoms with Gasteiger partial charge in [-0.2, -0.15) is 0 Å². The first-order chi connectivity index (χ1) is 8.05. The summed E-state index contributed by atoms with van der Waals surface area (Å²) in [6.45, 7) is 4.75. The number of rotatable bonds is 6. The maximum Gasteiger partial charge on any atom is 0.119 e. The van der Waals surface area contributed by atoms with Crippen LogP contribution in [-0.4, -0.2) is 29.9 Å². The molecular formula is C14H21NO2. The van der Waals surface area contributed by atoms with Crippen molar-refractivity contribution in [1.82, 2.24) is 5.32 Å². The van der Waals surface area contributed by atoms with Crippen LogP contribution in [-0.2, 0) is 0 Å². The summed E-state index contributed by atoms with van der Waals surface area (Å²) in [5.74, 6) is 0.808. The van der Waals surface area contributed by atoms with Gasteiger partial charge in [-0.3, -0.25) is 0 Å². The molecule has 1 aromatic carbocycles. The molecule has 1 aromatic rings. The van der Waals surface area contributed by atoms with Crippen LogP contribution < -0.4 is 10.1 Å². The Kier molecular flexibility index (Phi) is 3.69. The van der Waals surface area contributed by atoms with Gasteiger partial charge in [-0.1, -0.05) is 17.7 Å². The van der Waals surface area contributed by atoms with E-state index in [1.54, 1.807) is 6.92 Å². The Morgan fingerprint density at radius 3 is 2.59 bits per heavy atom. The number of hydrogen-bond acceptors (Lipinski definition) is 3. The van der Waals surface area contributed by atoms with Crippen molar-refractivity contribution < 1.29 is 9.84 Å². The van der Waals surface area contributed by atoms with Crippen LogP contribution in [0.1, 0.15) is 25.3 Å². The lowest BCUT2D eigenvalue weighted by atomic mass is 10.1. The quantitative estimate of drug-likeness (QED) is 0.791. The highest BCUT2D eigenvalue weighted by Crippen LogP contribution is 2.20. The molecule has 1 atom stereocenters. The van der Waals surface area contributed by atoms with Crippen LogP contribution in [0.25, 0.3) is 0 Å². The first kappa shape index (κ1) is 12.4. The van der Waals surface area contributed by atoms with Gasteiger partial charge in [-0.15, -0.1) is 0 Å². The van der Waals surface area contributed by atoms with E-state index in [9.17, 15) is 5.11 Å². The van der Waals surface area contributed by atoms with Crippen molar-refractivity contribution in [2.24, 2.45) is 0 Å². The predicted octanol–water partition coefficient (Wildman–Crippen LogP) is 1.88. The van der Waals surface area contributed by atoms with Crippen molar-refractivity contribution in [2.75, 3.05) is 13.2 Å². The Hall–Kier alpha value is -1.06. The van der Waals surface area contributed by atoms with Crippen LogP contribution in [0, 0.1) is 6.92 Å². The summed E-state index contributed by atoms with van der Waals surface area (Å²) >= 11 is 0. The van der Waals surface area contributed by atoms with E-state index >= 15 is 0 Å². The molecule has 2 rings (SSSR count). The van der Waals surface area contributed by atoms with E-state index in [4.69, 9.17) is 4.74 Å². The summed E-state index contributed by atoms with van der Waals surface area (Å²) in [6.07, 6.45) is 2.46. The van der Waals surface area contributed by atoms with Crippen molar-refractivity contribution in [3.63, 3.8) is 0 Å². The van der Waals surface area contributed by atoms with Crippen LogP contribution in [0.4, 0.5) is 0 Å². The average molecular weight is 235 g/mol. The first-order valence-electron chi connectivity index (χ1n) is 6.20. The maximum atomic E-state index is 10.1. The summed E-state index contributed by atoms with van der Waals surface area (Å²) < 4.78 is 5.59. The normalized spacial score (nSPS) is 18.8. The summed E-state index contributed by atoms with van der Waals surface area (Å²) in [7, 11) is 0. The van der Waals surface area contributed by atoms with Gasteiger partial charge in [-0.05, 0) is 38.8 Å². The molecule has 0 saturated heterocycles. The molecule has 1 unspecified atom stereocenters. The van der Waals surface area contributed by atoms with Gasteiger partial charge in [-0.25, -0.2) is 0 Å². The Morgan fingerprint density at radius 1 is 1.35 bits per heavy atom. The third-order valence-corrected chi connectivity index (χ3v) is 2.92. The van der Waals surface area contributed by atoms with Gasteiger partial charge in [0, 0.05) is 12.6 Å². The molecule has 1 aliphatic carbocycles. The highest BCUT2D eigenvalue weighted by Gasteiger charge is 2.27. The molecule has 1 saturated carbocycles.